The van der Waals surface area contributed by atoms with E-state index >= 15 is 0 Å². The number of carbonyl (C=O) groups excluding carboxylic acids is 1. The summed E-state index contributed by atoms with van der Waals surface area (Å²) in [6.07, 6.45) is 5.18. The molecule has 1 aromatic rings. The molecule has 1 spiro atoms. The lowest BCUT2D eigenvalue weighted by atomic mass is 9.91. The van der Waals surface area contributed by atoms with Crippen molar-refractivity contribution in [2.45, 2.75) is 19.3 Å². The van der Waals surface area contributed by atoms with Crippen LogP contribution >= 0.6 is 0 Å². The molecule has 1 unspecified atom stereocenters. The predicted octanol–water partition coefficient (Wildman–Crippen LogP) is 1.25. The summed E-state index contributed by atoms with van der Waals surface area (Å²) in [5.74, 6) is 1.48. The van der Waals surface area contributed by atoms with Gasteiger partial charge in [-0.25, -0.2) is 4.98 Å². The zero-order valence-corrected chi connectivity index (χ0v) is 12.5. The third-order valence-corrected chi connectivity index (χ3v) is 5.43. The van der Waals surface area contributed by atoms with Crippen LogP contribution in [0.5, 0.6) is 0 Å². The molecule has 2 fully saturated rings. The first-order chi connectivity index (χ1) is 10.2. The third-order valence-electron chi connectivity index (χ3n) is 5.43. The Bertz CT molecular complexity index is 567. The predicted molar refractivity (Wildman–Crippen MR) is 82.5 cm³/mol. The van der Waals surface area contributed by atoms with E-state index in [-0.39, 0.29) is 5.92 Å². The Morgan fingerprint density at radius 3 is 3.00 bits per heavy atom. The molecule has 1 N–H and O–H groups in total. The minimum Gasteiger partial charge on any atom is -0.356 e. The van der Waals surface area contributed by atoms with Crippen molar-refractivity contribution in [3.8, 4) is 0 Å². The van der Waals surface area contributed by atoms with E-state index in [1.54, 1.807) is 6.20 Å². The summed E-state index contributed by atoms with van der Waals surface area (Å²) < 4.78 is 0. The van der Waals surface area contributed by atoms with Crippen molar-refractivity contribution >= 4 is 17.4 Å². The number of piperidine rings is 1. The van der Waals surface area contributed by atoms with Gasteiger partial charge in [0, 0.05) is 32.3 Å². The van der Waals surface area contributed by atoms with E-state index in [4.69, 9.17) is 0 Å². The Morgan fingerprint density at radius 1 is 1.38 bits per heavy atom. The number of likely N-dealkylation sites (N-methyl/N-ethyl adjacent to an activating group) is 1. The molecule has 0 radical (unpaired) electrons. The number of hydrogen-bond donors (Lipinski definition) is 1. The highest BCUT2D eigenvalue weighted by atomic mass is 16.2. The summed E-state index contributed by atoms with van der Waals surface area (Å²) in [5, 5.41) is 3.40. The van der Waals surface area contributed by atoms with Crippen LogP contribution in [0.15, 0.2) is 18.3 Å². The van der Waals surface area contributed by atoms with Crippen LogP contribution in [-0.2, 0) is 4.79 Å². The number of carbonyl (C=O) groups is 1. The number of fused-ring (bicyclic) bond motifs is 1. The fourth-order valence-corrected chi connectivity index (χ4v) is 3.96. The highest BCUT2D eigenvalue weighted by Crippen LogP contribution is 2.59. The van der Waals surface area contributed by atoms with Gasteiger partial charge < -0.3 is 15.1 Å². The van der Waals surface area contributed by atoms with Crippen LogP contribution in [0, 0.1) is 11.3 Å². The fourth-order valence-electron chi connectivity index (χ4n) is 3.96. The van der Waals surface area contributed by atoms with Gasteiger partial charge in [0.25, 0.3) is 0 Å². The van der Waals surface area contributed by atoms with Crippen molar-refractivity contribution in [1.82, 2.24) is 10.3 Å². The topological polar surface area (TPSA) is 48.5 Å². The van der Waals surface area contributed by atoms with Gasteiger partial charge in [-0.1, -0.05) is 0 Å². The van der Waals surface area contributed by atoms with Gasteiger partial charge in [0.15, 0.2) is 5.82 Å². The maximum Gasteiger partial charge on any atom is 0.230 e. The van der Waals surface area contributed by atoms with Gasteiger partial charge in [-0.05, 0) is 49.9 Å². The molecule has 0 aromatic carbocycles. The monoisotopic (exact) mass is 286 g/mol. The molecule has 1 aliphatic carbocycles. The molecule has 0 bridgehead atoms. The Hall–Kier alpha value is -1.62. The Balaban J connectivity index is 1.57. The SMILES string of the molecule is CN1CCN(C(=O)C2CC23CCNCC3)c2cccnc21. The highest BCUT2D eigenvalue weighted by molar-refractivity contribution is 6.00. The van der Waals surface area contributed by atoms with Crippen molar-refractivity contribution in [1.29, 1.82) is 0 Å². The van der Waals surface area contributed by atoms with E-state index in [9.17, 15) is 4.79 Å². The van der Waals surface area contributed by atoms with E-state index < -0.39 is 0 Å². The lowest BCUT2D eigenvalue weighted by Gasteiger charge is -2.35. The number of anilines is 2. The largest absolute Gasteiger partial charge is 0.356 e. The smallest absolute Gasteiger partial charge is 0.230 e. The molecular weight excluding hydrogens is 264 g/mol. The molecule has 4 rings (SSSR count). The molecule has 1 saturated carbocycles. The first kappa shape index (κ1) is 13.1. The molecule has 5 heteroatoms. The normalized spacial score (nSPS) is 26.6. The van der Waals surface area contributed by atoms with E-state index in [2.05, 4.69) is 15.2 Å². The summed E-state index contributed by atoms with van der Waals surface area (Å²) >= 11 is 0. The number of amides is 1. The minimum absolute atomic E-state index is 0.232. The van der Waals surface area contributed by atoms with Gasteiger partial charge in [-0.15, -0.1) is 0 Å². The standard InChI is InChI=1S/C16H22N4O/c1-19-9-10-20(13-3-2-6-18-14(13)19)15(21)12-11-16(12)4-7-17-8-5-16/h2-3,6,12,17H,4-5,7-11H2,1H3. The van der Waals surface area contributed by atoms with Gasteiger partial charge in [0.1, 0.15) is 0 Å². The molecule has 21 heavy (non-hydrogen) atoms. The zero-order valence-electron chi connectivity index (χ0n) is 12.5. The molecule has 112 valence electrons. The Labute approximate surface area is 125 Å². The molecule has 1 atom stereocenters. The van der Waals surface area contributed by atoms with Crippen LogP contribution in [0.2, 0.25) is 0 Å². The number of aromatic nitrogens is 1. The van der Waals surface area contributed by atoms with E-state index in [0.717, 1.165) is 56.9 Å². The van der Waals surface area contributed by atoms with Gasteiger partial charge in [-0.2, -0.15) is 0 Å². The average Bonchev–Trinajstić information content (AvgIpc) is 3.21. The van der Waals surface area contributed by atoms with Gasteiger partial charge in [-0.3, -0.25) is 4.79 Å². The van der Waals surface area contributed by atoms with E-state index in [1.165, 1.54) is 0 Å². The summed E-state index contributed by atoms with van der Waals surface area (Å²) in [7, 11) is 2.04. The number of nitrogens with zero attached hydrogens (tertiary/aromatic N) is 3. The van der Waals surface area contributed by atoms with Crippen LogP contribution in [0.3, 0.4) is 0 Å². The number of hydrogen-bond acceptors (Lipinski definition) is 4. The first-order valence-corrected chi connectivity index (χ1v) is 7.90. The fraction of sp³-hybridized carbons (Fsp3) is 0.625. The molecule has 1 saturated heterocycles. The zero-order chi connectivity index (χ0) is 14.4. The molecule has 5 nitrogen and oxygen atoms in total. The summed E-state index contributed by atoms with van der Waals surface area (Å²) in [4.78, 5) is 21.5. The van der Waals surface area contributed by atoms with Crippen LogP contribution in [0.1, 0.15) is 19.3 Å². The molecule has 2 aliphatic heterocycles. The highest BCUT2D eigenvalue weighted by Gasteiger charge is 2.58. The minimum atomic E-state index is 0.232. The van der Waals surface area contributed by atoms with E-state index in [1.807, 2.05) is 24.1 Å². The van der Waals surface area contributed by atoms with Crippen LogP contribution in [0.4, 0.5) is 11.5 Å². The second kappa shape index (κ2) is 4.70. The van der Waals surface area contributed by atoms with Gasteiger partial charge in [0.2, 0.25) is 5.91 Å². The van der Waals surface area contributed by atoms with E-state index in [0.29, 0.717) is 11.3 Å². The van der Waals surface area contributed by atoms with Crippen LogP contribution < -0.4 is 15.1 Å². The Morgan fingerprint density at radius 2 is 2.19 bits per heavy atom. The lowest BCUT2D eigenvalue weighted by Crippen LogP contribution is -2.44. The maximum atomic E-state index is 13.0. The number of rotatable bonds is 1. The van der Waals surface area contributed by atoms with Crippen molar-refractivity contribution in [3.05, 3.63) is 18.3 Å². The quantitative estimate of drug-likeness (QED) is 0.844. The third kappa shape index (κ3) is 2.02. The molecule has 3 aliphatic rings. The first-order valence-electron chi connectivity index (χ1n) is 7.90. The molecule has 1 aromatic heterocycles. The molecular formula is C16H22N4O. The second-order valence-electron chi connectivity index (χ2n) is 6.63. The lowest BCUT2D eigenvalue weighted by molar-refractivity contribution is -0.120. The molecule has 1 amide bonds. The maximum absolute atomic E-state index is 13.0. The second-order valence-corrected chi connectivity index (χ2v) is 6.63. The van der Waals surface area contributed by atoms with Crippen molar-refractivity contribution in [2.75, 3.05) is 43.0 Å². The van der Waals surface area contributed by atoms with Gasteiger partial charge in [0.05, 0.1) is 5.69 Å². The van der Waals surface area contributed by atoms with Crippen molar-refractivity contribution in [2.24, 2.45) is 11.3 Å². The summed E-state index contributed by atoms with van der Waals surface area (Å²) in [6, 6.07) is 3.94. The molecule has 3 heterocycles. The van der Waals surface area contributed by atoms with Crippen LogP contribution in [0.25, 0.3) is 0 Å². The van der Waals surface area contributed by atoms with Crippen molar-refractivity contribution in [3.63, 3.8) is 0 Å². The summed E-state index contributed by atoms with van der Waals surface area (Å²) in [5.41, 5.74) is 1.28. The summed E-state index contributed by atoms with van der Waals surface area (Å²) in [6.45, 7) is 3.76. The number of pyridine rings is 1. The number of nitrogens with one attached hydrogen (secondary N) is 1. The van der Waals surface area contributed by atoms with Crippen molar-refractivity contribution < 1.29 is 4.79 Å². The average molecular weight is 286 g/mol. The van der Waals surface area contributed by atoms with Crippen LogP contribution in [-0.4, -0.2) is 44.1 Å². The van der Waals surface area contributed by atoms with Gasteiger partial charge >= 0.3 is 0 Å². The Kier molecular flexibility index (Phi) is 2.92.